The smallest absolute Gasteiger partial charge is 0.325 e. The van der Waals surface area contributed by atoms with E-state index in [0.29, 0.717) is 16.1 Å². The SMILES string of the molecule is CO[P@](=O)(Nc1nccs1)c1ccc(N)cc1. The molecule has 5 nitrogen and oxygen atoms in total. The highest BCUT2D eigenvalue weighted by Gasteiger charge is 2.25. The Labute approximate surface area is 103 Å². The van der Waals surface area contributed by atoms with E-state index < -0.39 is 7.52 Å². The van der Waals surface area contributed by atoms with Crippen LogP contribution in [0.25, 0.3) is 0 Å². The van der Waals surface area contributed by atoms with Crippen molar-refractivity contribution in [3.05, 3.63) is 35.8 Å². The lowest BCUT2D eigenvalue weighted by Crippen LogP contribution is -2.13. The molecule has 1 aromatic heterocycles. The van der Waals surface area contributed by atoms with Gasteiger partial charge in [0.15, 0.2) is 5.13 Å². The summed E-state index contributed by atoms with van der Waals surface area (Å²) in [7, 11) is -1.72. The minimum absolute atomic E-state index is 0.560. The van der Waals surface area contributed by atoms with Gasteiger partial charge in [-0.2, -0.15) is 0 Å². The summed E-state index contributed by atoms with van der Waals surface area (Å²) in [6.07, 6.45) is 1.63. The summed E-state index contributed by atoms with van der Waals surface area (Å²) in [5.74, 6) is 0. The van der Waals surface area contributed by atoms with Gasteiger partial charge in [0.2, 0.25) is 0 Å². The number of aromatic nitrogens is 1. The van der Waals surface area contributed by atoms with Crippen molar-refractivity contribution in [1.29, 1.82) is 0 Å². The maximum Gasteiger partial charge on any atom is 0.325 e. The Balaban J connectivity index is 2.31. The molecule has 1 heterocycles. The van der Waals surface area contributed by atoms with Gasteiger partial charge in [0, 0.05) is 24.4 Å². The lowest BCUT2D eigenvalue weighted by Gasteiger charge is -2.16. The van der Waals surface area contributed by atoms with Gasteiger partial charge >= 0.3 is 7.52 Å². The van der Waals surface area contributed by atoms with Gasteiger partial charge < -0.3 is 10.3 Å². The average molecular weight is 269 g/mol. The van der Waals surface area contributed by atoms with Crippen LogP contribution in [-0.4, -0.2) is 12.1 Å². The Morgan fingerprint density at radius 2 is 2.12 bits per heavy atom. The van der Waals surface area contributed by atoms with Gasteiger partial charge in [-0.1, -0.05) is 0 Å². The third kappa shape index (κ3) is 2.66. The second kappa shape index (κ2) is 4.87. The summed E-state index contributed by atoms with van der Waals surface area (Å²) in [5, 5.41) is 5.74. The number of hydrogen-bond donors (Lipinski definition) is 2. The molecule has 2 rings (SSSR count). The molecule has 0 amide bonds. The van der Waals surface area contributed by atoms with Crippen molar-refractivity contribution in [2.24, 2.45) is 0 Å². The molecule has 0 saturated carbocycles. The molecule has 17 heavy (non-hydrogen) atoms. The quantitative estimate of drug-likeness (QED) is 0.658. The zero-order valence-corrected chi connectivity index (χ0v) is 10.9. The highest BCUT2D eigenvalue weighted by molar-refractivity contribution is 7.68. The van der Waals surface area contributed by atoms with E-state index in [2.05, 4.69) is 10.1 Å². The van der Waals surface area contributed by atoms with Gasteiger partial charge in [-0.3, -0.25) is 9.65 Å². The van der Waals surface area contributed by atoms with Gasteiger partial charge in [-0.05, 0) is 24.3 Å². The van der Waals surface area contributed by atoms with E-state index >= 15 is 0 Å². The summed E-state index contributed by atoms with van der Waals surface area (Å²) < 4.78 is 17.7. The Hall–Kier alpha value is -1.36. The van der Waals surface area contributed by atoms with Gasteiger partial charge in [0.1, 0.15) is 0 Å². The summed E-state index contributed by atoms with van der Waals surface area (Å²) in [5.41, 5.74) is 6.20. The number of anilines is 2. The van der Waals surface area contributed by atoms with Crippen LogP contribution in [-0.2, 0) is 9.09 Å². The highest BCUT2D eigenvalue weighted by Crippen LogP contribution is 2.45. The number of thiazole rings is 1. The monoisotopic (exact) mass is 269 g/mol. The molecule has 0 bridgehead atoms. The van der Waals surface area contributed by atoms with E-state index in [0.717, 1.165) is 0 Å². The first-order chi connectivity index (χ1) is 8.14. The zero-order valence-electron chi connectivity index (χ0n) is 9.16. The maximum absolute atomic E-state index is 12.6. The molecule has 0 spiro atoms. The summed E-state index contributed by atoms with van der Waals surface area (Å²) in [4.78, 5) is 4.02. The van der Waals surface area contributed by atoms with E-state index in [1.54, 1.807) is 35.8 Å². The number of nitrogens with zero attached hydrogens (tertiary/aromatic N) is 1. The molecule has 1 aromatic carbocycles. The molecule has 7 heteroatoms. The Kier molecular flexibility index (Phi) is 3.47. The number of nitrogens with one attached hydrogen (secondary N) is 1. The van der Waals surface area contributed by atoms with Crippen LogP contribution in [0.4, 0.5) is 10.8 Å². The molecule has 0 unspecified atom stereocenters. The minimum atomic E-state index is -3.12. The van der Waals surface area contributed by atoms with E-state index in [4.69, 9.17) is 10.3 Å². The Morgan fingerprint density at radius 1 is 1.41 bits per heavy atom. The Morgan fingerprint density at radius 3 is 2.65 bits per heavy atom. The van der Waals surface area contributed by atoms with Gasteiger partial charge in [0.25, 0.3) is 0 Å². The van der Waals surface area contributed by atoms with E-state index in [1.807, 2.05) is 0 Å². The second-order valence-electron chi connectivity index (χ2n) is 3.27. The van der Waals surface area contributed by atoms with Crippen molar-refractivity contribution >= 4 is 35.0 Å². The highest BCUT2D eigenvalue weighted by atomic mass is 32.1. The zero-order chi connectivity index (χ0) is 12.3. The number of hydrogen-bond acceptors (Lipinski definition) is 5. The van der Waals surface area contributed by atoms with Gasteiger partial charge in [0.05, 0.1) is 5.30 Å². The molecule has 1 atom stereocenters. The molecular formula is C10H12N3O2PS. The molecule has 2 aromatic rings. The molecule has 0 aliphatic rings. The number of benzene rings is 1. The van der Waals surface area contributed by atoms with Crippen LogP contribution in [0.1, 0.15) is 0 Å². The Bertz CT molecular complexity index is 527. The van der Waals surface area contributed by atoms with Crippen LogP contribution < -0.4 is 16.1 Å². The second-order valence-corrected chi connectivity index (χ2v) is 6.38. The van der Waals surface area contributed by atoms with Crippen molar-refractivity contribution in [2.75, 3.05) is 17.9 Å². The molecule has 90 valence electrons. The number of rotatable bonds is 4. The van der Waals surface area contributed by atoms with Crippen LogP contribution in [0, 0.1) is 0 Å². The van der Waals surface area contributed by atoms with Crippen molar-refractivity contribution < 1.29 is 9.09 Å². The molecule has 0 radical (unpaired) electrons. The van der Waals surface area contributed by atoms with Crippen LogP contribution in [0.2, 0.25) is 0 Å². The predicted molar refractivity (Wildman–Crippen MR) is 70.8 cm³/mol. The number of nitrogen functional groups attached to an aromatic ring is 1. The normalized spacial score (nSPS) is 14.2. The largest absolute Gasteiger partial charge is 0.399 e. The van der Waals surface area contributed by atoms with Crippen LogP contribution in [0.3, 0.4) is 0 Å². The topological polar surface area (TPSA) is 77.2 Å². The lowest BCUT2D eigenvalue weighted by atomic mass is 10.3. The molecule has 0 aliphatic heterocycles. The fourth-order valence-electron chi connectivity index (χ4n) is 1.29. The number of nitrogens with two attached hydrogens (primary N) is 1. The first-order valence-electron chi connectivity index (χ1n) is 4.84. The van der Waals surface area contributed by atoms with Crippen molar-refractivity contribution in [2.45, 2.75) is 0 Å². The fraction of sp³-hybridized carbons (Fsp3) is 0.100. The van der Waals surface area contributed by atoms with Gasteiger partial charge in [-0.25, -0.2) is 4.98 Å². The molecule has 3 N–H and O–H groups in total. The van der Waals surface area contributed by atoms with E-state index in [1.165, 1.54) is 18.4 Å². The predicted octanol–water partition coefficient (Wildman–Crippen LogP) is 2.30. The summed E-state index contributed by atoms with van der Waals surface area (Å²) >= 11 is 1.36. The third-order valence-electron chi connectivity index (χ3n) is 2.17. The van der Waals surface area contributed by atoms with E-state index in [9.17, 15) is 4.57 Å². The van der Waals surface area contributed by atoms with Crippen LogP contribution in [0.5, 0.6) is 0 Å². The first kappa shape index (κ1) is 12.1. The molecule has 0 saturated heterocycles. The molecule has 0 fully saturated rings. The van der Waals surface area contributed by atoms with Crippen molar-refractivity contribution in [3.63, 3.8) is 0 Å². The molecular weight excluding hydrogens is 257 g/mol. The van der Waals surface area contributed by atoms with Gasteiger partial charge in [-0.15, -0.1) is 11.3 Å². The fourth-order valence-corrected chi connectivity index (χ4v) is 3.52. The minimum Gasteiger partial charge on any atom is -0.399 e. The average Bonchev–Trinajstić information content (AvgIpc) is 2.82. The first-order valence-corrected chi connectivity index (χ1v) is 7.34. The third-order valence-corrected chi connectivity index (χ3v) is 5.00. The standard InChI is InChI=1S/C10H12N3O2PS/c1-15-16(14,13-10-12-6-7-17-10)9-4-2-8(11)3-5-9/h2-7H,11H2,1H3,(H,12,13,14)/t16-/m0/s1. The van der Waals surface area contributed by atoms with Crippen LogP contribution >= 0.6 is 18.9 Å². The summed E-state index contributed by atoms with van der Waals surface area (Å²) in [6, 6.07) is 6.73. The van der Waals surface area contributed by atoms with Crippen molar-refractivity contribution in [1.82, 2.24) is 4.98 Å². The maximum atomic E-state index is 12.6. The summed E-state index contributed by atoms with van der Waals surface area (Å²) in [6.45, 7) is 0. The van der Waals surface area contributed by atoms with Crippen molar-refractivity contribution in [3.8, 4) is 0 Å². The lowest BCUT2D eigenvalue weighted by molar-refractivity contribution is 0.408. The van der Waals surface area contributed by atoms with E-state index in [-0.39, 0.29) is 0 Å². The van der Waals surface area contributed by atoms with Crippen LogP contribution in [0.15, 0.2) is 35.8 Å². The molecule has 0 aliphatic carbocycles.